The van der Waals surface area contributed by atoms with E-state index in [4.69, 9.17) is 0 Å². The molecule has 1 nitrogen and oxygen atoms in total. The molecular weight excluding hydrogens is 194 g/mol. The highest BCUT2D eigenvalue weighted by Crippen LogP contribution is 2.47. The maximum atomic E-state index is 2.47. The fourth-order valence-electron chi connectivity index (χ4n) is 4.08. The van der Waals surface area contributed by atoms with Gasteiger partial charge in [-0.25, -0.2) is 0 Å². The van der Waals surface area contributed by atoms with E-state index in [-0.39, 0.29) is 0 Å². The van der Waals surface area contributed by atoms with Crippen LogP contribution in [0.3, 0.4) is 0 Å². The van der Waals surface area contributed by atoms with E-state index in [0.717, 1.165) is 11.8 Å². The summed E-state index contributed by atoms with van der Waals surface area (Å²) in [6.07, 6.45) is 2.77. The average molecular weight is 225 g/mol. The Morgan fingerprint density at radius 1 is 0.875 bits per heavy atom. The lowest BCUT2D eigenvalue weighted by Gasteiger charge is -2.48. The van der Waals surface area contributed by atoms with Gasteiger partial charge < -0.3 is 4.90 Å². The molecule has 1 heteroatoms. The summed E-state index contributed by atoms with van der Waals surface area (Å²) in [5, 5.41) is 0. The summed E-state index contributed by atoms with van der Waals surface area (Å²) >= 11 is 0. The van der Waals surface area contributed by atoms with Crippen molar-refractivity contribution in [3.8, 4) is 0 Å². The van der Waals surface area contributed by atoms with Gasteiger partial charge in [-0.3, -0.25) is 0 Å². The normalized spacial score (nSPS) is 21.8. The summed E-state index contributed by atoms with van der Waals surface area (Å²) in [7, 11) is 2.25. The van der Waals surface area contributed by atoms with Crippen LogP contribution in [0.15, 0.2) is 0 Å². The van der Waals surface area contributed by atoms with Crippen molar-refractivity contribution in [2.24, 2.45) is 22.7 Å². The van der Waals surface area contributed by atoms with Crippen molar-refractivity contribution in [1.82, 2.24) is 4.90 Å². The third-order valence-electron chi connectivity index (χ3n) is 4.10. The molecule has 0 aromatic rings. The molecule has 96 valence electrons. The van der Waals surface area contributed by atoms with Gasteiger partial charge in [0.2, 0.25) is 0 Å². The average Bonchev–Trinajstić information content (AvgIpc) is 2.03. The summed E-state index contributed by atoms with van der Waals surface area (Å²) in [5.74, 6) is 1.74. The zero-order chi connectivity index (χ0) is 12.6. The lowest BCUT2D eigenvalue weighted by molar-refractivity contribution is 0.0136. The van der Waals surface area contributed by atoms with Gasteiger partial charge >= 0.3 is 0 Å². The highest BCUT2D eigenvalue weighted by Gasteiger charge is 2.40. The van der Waals surface area contributed by atoms with E-state index in [9.17, 15) is 0 Å². The predicted molar refractivity (Wildman–Crippen MR) is 72.6 cm³/mol. The first-order valence-electron chi connectivity index (χ1n) is 6.81. The highest BCUT2D eigenvalue weighted by atomic mass is 15.1. The second kappa shape index (κ2) is 4.68. The molecule has 0 unspecified atom stereocenters. The molecule has 0 spiro atoms. The van der Waals surface area contributed by atoms with Crippen molar-refractivity contribution in [2.45, 2.75) is 54.4 Å². The Labute approximate surface area is 103 Å². The molecule has 16 heavy (non-hydrogen) atoms. The van der Waals surface area contributed by atoms with Gasteiger partial charge in [0.05, 0.1) is 0 Å². The fourth-order valence-corrected chi connectivity index (χ4v) is 4.08. The molecule has 1 aliphatic rings. The zero-order valence-electron chi connectivity index (χ0n) is 12.4. The largest absolute Gasteiger partial charge is 0.306 e. The first kappa shape index (κ1) is 14.0. The molecule has 0 aromatic heterocycles. The van der Waals surface area contributed by atoms with Gasteiger partial charge in [-0.1, -0.05) is 41.5 Å². The Kier molecular flexibility index (Phi) is 4.10. The fraction of sp³-hybridized carbons (Fsp3) is 1.00. The first-order chi connectivity index (χ1) is 7.12. The molecule has 0 atom stereocenters. The highest BCUT2D eigenvalue weighted by molar-refractivity contribution is 4.90. The number of nitrogens with zero attached hydrogens (tertiary/aromatic N) is 1. The third-order valence-corrected chi connectivity index (χ3v) is 4.10. The monoisotopic (exact) mass is 225 g/mol. The number of rotatable bonds is 1. The van der Waals surface area contributed by atoms with E-state index in [2.05, 4.69) is 53.5 Å². The summed E-state index contributed by atoms with van der Waals surface area (Å²) in [4.78, 5) is 2.47. The van der Waals surface area contributed by atoms with Crippen molar-refractivity contribution in [3.05, 3.63) is 0 Å². The lowest BCUT2D eigenvalue weighted by atomic mass is 9.59. The summed E-state index contributed by atoms with van der Waals surface area (Å²) in [5.41, 5.74) is 0.859. The van der Waals surface area contributed by atoms with Crippen molar-refractivity contribution >= 4 is 0 Å². The molecule has 1 saturated heterocycles. The quantitative estimate of drug-likeness (QED) is 0.651. The van der Waals surface area contributed by atoms with E-state index in [1.54, 1.807) is 0 Å². The third kappa shape index (κ3) is 3.48. The zero-order valence-corrected chi connectivity index (χ0v) is 12.4. The van der Waals surface area contributed by atoms with E-state index in [1.165, 1.54) is 25.9 Å². The molecule has 1 fully saturated rings. The van der Waals surface area contributed by atoms with Crippen LogP contribution >= 0.6 is 0 Å². The molecule has 0 N–H and O–H groups in total. The topological polar surface area (TPSA) is 3.24 Å². The number of hydrogen-bond acceptors (Lipinski definition) is 1. The van der Waals surface area contributed by atoms with Crippen molar-refractivity contribution < 1.29 is 0 Å². The molecule has 1 aliphatic heterocycles. The Balaban J connectivity index is 2.78. The van der Waals surface area contributed by atoms with Crippen LogP contribution in [0.1, 0.15) is 54.4 Å². The van der Waals surface area contributed by atoms with Gasteiger partial charge in [-0.05, 0) is 55.6 Å². The van der Waals surface area contributed by atoms with Crippen LogP contribution in [-0.4, -0.2) is 25.0 Å². The molecule has 0 amide bonds. The minimum Gasteiger partial charge on any atom is -0.306 e. The summed E-state index contributed by atoms with van der Waals surface area (Å²) < 4.78 is 0. The van der Waals surface area contributed by atoms with Gasteiger partial charge in [0.25, 0.3) is 0 Å². The minimum atomic E-state index is 0.429. The number of likely N-dealkylation sites (tertiary alicyclic amines) is 1. The van der Waals surface area contributed by atoms with E-state index in [1.807, 2.05) is 0 Å². The minimum absolute atomic E-state index is 0.429. The Bertz CT molecular complexity index is 197. The van der Waals surface area contributed by atoms with Crippen molar-refractivity contribution in [3.63, 3.8) is 0 Å². The maximum Gasteiger partial charge on any atom is -0.00190 e. The SMILES string of the molecule is CN1CCC(C(C(C)(C)C)C(C)(C)C)CC1. The first-order valence-corrected chi connectivity index (χ1v) is 6.81. The molecule has 1 rings (SSSR count). The van der Waals surface area contributed by atoms with Gasteiger partial charge in [0.15, 0.2) is 0 Å². The molecule has 0 radical (unpaired) electrons. The van der Waals surface area contributed by atoms with E-state index in [0.29, 0.717) is 10.8 Å². The molecule has 0 aromatic carbocycles. The van der Waals surface area contributed by atoms with Gasteiger partial charge in [-0.15, -0.1) is 0 Å². The molecule has 0 bridgehead atoms. The molecule has 1 heterocycles. The Hall–Kier alpha value is -0.0400. The second-order valence-electron chi connectivity index (χ2n) is 7.85. The van der Waals surface area contributed by atoms with E-state index >= 15 is 0 Å². The van der Waals surface area contributed by atoms with Gasteiger partial charge in [0.1, 0.15) is 0 Å². The van der Waals surface area contributed by atoms with Crippen LogP contribution in [0, 0.1) is 22.7 Å². The van der Waals surface area contributed by atoms with Crippen LogP contribution in [-0.2, 0) is 0 Å². The molecule has 0 saturated carbocycles. The molecule has 0 aliphatic carbocycles. The van der Waals surface area contributed by atoms with E-state index < -0.39 is 0 Å². The Morgan fingerprint density at radius 2 is 1.25 bits per heavy atom. The maximum absolute atomic E-state index is 2.47. The smallest absolute Gasteiger partial charge is 0.00190 e. The van der Waals surface area contributed by atoms with Crippen LogP contribution in [0.2, 0.25) is 0 Å². The second-order valence-corrected chi connectivity index (χ2v) is 7.85. The standard InChI is InChI=1S/C15H31N/c1-14(2,3)13(15(4,5)6)12-8-10-16(7)11-9-12/h12-13H,8-11H2,1-7H3. The van der Waals surface area contributed by atoms with Crippen LogP contribution < -0.4 is 0 Å². The summed E-state index contributed by atoms with van der Waals surface area (Å²) in [6, 6.07) is 0. The van der Waals surface area contributed by atoms with Gasteiger partial charge in [0, 0.05) is 0 Å². The van der Waals surface area contributed by atoms with Crippen LogP contribution in [0.5, 0.6) is 0 Å². The number of hydrogen-bond donors (Lipinski definition) is 0. The Morgan fingerprint density at radius 3 is 1.56 bits per heavy atom. The van der Waals surface area contributed by atoms with Crippen molar-refractivity contribution in [1.29, 1.82) is 0 Å². The molecular formula is C15H31N. The van der Waals surface area contributed by atoms with Crippen LogP contribution in [0.25, 0.3) is 0 Å². The number of piperidine rings is 1. The lowest BCUT2D eigenvalue weighted by Crippen LogP contribution is -2.43. The summed E-state index contributed by atoms with van der Waals surface area (Å²) in [6.45, 7) is 17.1. The van der Waals surface area contributed by atoms with Crippen molar-refractivity contribution in [2.75, 3.05) is 20.1 Å². The van der Waals surface area contributed by atoms with Crippen LogP contribution in [0.4, 0.5) is 0 Å². The van der Waals surface area contributed by atoms with Gasteiger partial charge in [-0.2, -0.15) is 0 Å². The predicted octanol–water partition coefficient (Wildman–Crippen LogP) is 4.04.